The Bertz CT molecular complexity index is 1560. The SMILES string of the molecule is CC(C)(C)Oc1cc(C(=O)CC(N)=O)ccc1C1=N[C@@H](c2ccc(Cl)cc2)[C@@H](C2=CCC=C2)N1C(=O)N1CCNC(=O)C1. The number of nitrogens with one attached hydrogen (secondary N) is 1. The van der Waals surface area contributed by atoms with Crippen molar-refractivity contribution < 1.29 is 23.9 Å². The first kappa shape index (κ1) is 30.0. The Balaban J connectivity index is 1.69. The average Bonchev–Trinajstić information content (AvgIpc) is 3.60. The lowest BCUT2D eigenvalue weighted by atomic mass is 9.94. The van der Waals surface area contributed by atoms with Crippen molar-refractivity contribution in [1.82, 2.24) is 15.1 Å². The summed E-state index contributed by atoms with van der Waals surface area (Å²) in [5.74, 6) is -0.757. The van der Waals surface area contributed by atoms with Crippen molar-refractivity contribution in [2.75, 3.05) is 19.6 Å². The molecular formula is C32H34ClN5O5. The van der Waals surface area contributed by atoms with Crippen LogP contribution in [-0.4, -0.2) is 70.5 Å². The quantitative estimate of drug-likeness (QED) is 0.362. The molecule has 0 unspecified atom stereocenters. The van der Waals surface area contributed by atoms with Gasteiger partial charge in [0.2, 0.25) is 11.8 Å². The number of halogens is 1. The minimum atomic E-state index is -0.735. The number of piperazine rings is 1. The number of nitrogens with zero attached hydrogens (tertiary/aromatic N) is 3. The lowest BCUT2D eigenvalue weighted by molar-refractivity contribution is -0.123. The van der Waals surface area contributed by atoms with E-state index in [2.05, 4.69) is 11.4 Å². The van der Waals surface area contributed by atoms with Gasteiger partial charge in [0.25, 0.3) is 0 Å². The average molecular weight is 604 g/mol. The maximum atomic E-state index is 14.4. The van der Waals surface area contributed by atoms with E-state index in [0.717, 1.165) is 17.6 Å². The van der Waals surface area contributed by atoms with Gasteiger partial charge in [0.15, 0.2) is 5.78 Å². The zero-order valence-electron chi connectivity index (χ0n) is 24.3. The zero-order chi connectivity index (χ0) is 30.9. The molecule has 0 aromatic heterocycles. The molecule has 4 amide bonds. The largest absolute Gasteiger partial charge is 0.487 e. The van der Waals surface area contributed by atoms with Crippen LogP contribution in [0.2, 0.25) is 5.02 Å². The topological polar surface area (TPSA) is 134 Å². The summed E-state index contributed by atoms with van der Waals surface area (Å²) in [4.78, 5) is 59.3. The molecule has 10 nitrogen and oxygen atoms in total. The summed E-state index contributed by atoms with van der Waals surface area (Å²) in [6, 6.07) is 10.8. The fourth-order valence-electron chi connectivity index (χ4n) is 5.40. The Hall–Kier alpha value is -4.44. The van der Waals surface area contributed by atoms with Gasteiger partial charge >= 0.3 is 6.03 Å². The predicted molar refractivity (Wildman–Crippen MR) is 163 cm³/mol. The molecule has 3 N–H and O–H groups in total. The number of allylic oxidation sites excluding steroid dienone is 2. The van der Waals surface area contributed by atoms with E-state index in [9.17, 15) is 19.2 Å². The van der Waals surface area contributed by atoms with Crippen molar-refractivity contribution in [3.05, 3.63) is 88.0 Å². The molecule has 0 radical (unpaired) electrons. The van der Waals surface area contributed by atoms with Gasteiger partial charge in [-0.25, -0.2) is 4.79 Å². The van der Waals surface area contributed by atoms with Crippen molar-refractivity contribution in [2.45, 2.75) is 51.3 Å². The summed E-state index contributed by atoms with van der Waals surface area (Å²) in [6.45, 7) is 6.21. The van der Waals surface area contributed by atoms with Crippen molar-refractivity contribution in [1.29, 1.82) is 0 Å². The van der Waals surface area contributed by atoms with E-state index in [0.29, 0.717) is 35.3 Å². The summed E-state index contributed by atoms with van der Waals surface area (Å²) < 4.78 is 6.34. The van der Waals surface area contributed by atoms with E-state index in [1.165, 1.54) is 4.90 Å². The second-order valence-electron chi connectivity index (χ2n) is 11.7. The first-order valence-corrected chi connectivity index (χ1v) is 14.5. The maximum Gasteiger partial charge on any atom is 0.326 e. The predicted octanol–water partition coefficient (Wildman–Crippen LogP) is 4.19. The first-order chi connectivity index (χ1) is 20.4. The number of urea groups is 1. The fraction of sp³-hybridized carbons (Fsp3) is 0.344. The number of primary amides is 1. The van der Waals surface area contributed by atoms with E-state index >= 15 is 0 Å². The number of amides is 4. The minimum Gasteiger partial charge on any atom is -0.487 e. The molecule has 2 heterocycles. The Morgan fingerprint density at radius 1 is 1.14 bits per heavy atom. The van der Waals surface area contributed by atoms with Crippen molar-refractivity contribution in [2.24, 2.45) is 10.7 Å². The highest BCUT2D eigenvalue weighted by Crippen LogP contribution is 2.41. The highest BCUT2D eigenvalue weighted by molar-refractivity contribution is 6.30. The van der Waals surface area contributed by atoms with Gasteiger partial charge in [0.1, 0.15) is 29.8 Å². The molecule has 2 aromatic rings. The molecule has 0 saturated carbocycles. The maximum absolute atomic E-state index is 14.4. The third kappa shape index (κ3) is 6.64. The van der Waals surface area contributed by atoms with Crippen LogP contribution in [0.15, 0.2) is 71.3 Å². The van der Waals surface area contributed by atoms with Crippen LogP contribution < -0.4 is 15.8 Å². The Labute approximate surface area is 255 Å². The highest BCUT2D eigenvalue weighted by atomic mass is 35.5. The van der Waals surface area contributed by atoms with Gasteiger partial charge in [0.05, 0.1) is 18.0 Å². The normalized spacial score (nSPS) is 20.0. The van der Waals surface area contributed by atoms with Gasteiger partial charge in [-0.2, -0.15) is 0 Å². The first-order valence-electron chi connectivity index (χ1n) is 14.1. The number of rotatable bonds is 7. The van der Waals surface area contributed by atoms with E-state index in [4.69, 9.17) is 27.1 Å². The Morgan fingerprint density at radius 2 is 1.88 bits per heavy atom. The monoisotopic (exact) mass is 603 g/mol. The minimum absolute atomic E-state index is 0.0816. The summed E-state index contributed by atoms with van der Waals surface area (Å²) in [7, 11) is 0. The molecule has 1 saturated heterocycles. The number of Topliss-reactive ketones (excluding diaryl/α,β-unsaturated/α-hetero) is 1. The molecule has 2 aliphatic heterocycles. The van der Waals surface area contributed by atoms with Crippen molar-refractivity contribution >= 4 is 41.1 Å². The van der Waals surface area contributed by atoms with Gasteiger partial charge in [0, 0.05) is 23.7 Å². The number of ketones is 1. The van der Waals surface area contributed by atoms with E-state index in [1.807, 2.05) is 45.1 Å². The number of aliphatic imine (C=N–C) groups is 1. The number of amidine groups is 1. The molecule has 0 bridgehead atoms. The summed E-state index contributed by atoms with van der Waals surface area (Å²) >= 11 is 6.21. The van der Waals surface area contributed by atoms with Gasteiger partial charge in [-0.05, 0) is 62.6 Å². The van der Waals surface area contributed by atoms with Crippen LogP contribution in [-0.2, 0) is 9.59 Å². The van der Waals surface area contributed by atoms with Crippen LogP contribution in [0.4, 0.5) is 4.79 Å². The smallest absolute Gasteiger partial charge is 0.326 e. The number of nitrogens with two attached hydrogens (primary N) is 1. The number of hydrogen-bond donors (Lipinski definition) is 2. The summed E-state index contributed by atoms with van der Waals surface area (Å²) in [5, 5.41) is 3.35. The summed E-state index contributed by atoms with van der Waals surface area (Å²) in [5.41, 5.74) is 7.11. The lowest BCUT2D eigenvalue weighted by Gasteiger charge is -2.36. The molecule has 1 fully saturated rings. The third-order valence-electron chi connectivity index (χ3n) is 7.23. The number of carbonyl (C=O) groups is 4. The van der Waals surface area contributed by atoms with Crippen LogP contribution in [0, 0.1) is 0 Å². The Kier molecular flexibility index (Phi) is 8.41. The fourth-order valence-corrected chi connectivity index (χ4v) is 5.53. The zero-order valence-corrected chi connectivity index (χ0v) is 25.1. The van der Waals surface area contributed by atoms with Crippen LogP contribution in [0.1, 0.15) is 61.1 Å². The highest BCUT2D eigenvalue weighted by Gasteiger charge is 2.46. The van der Waals surface area contributed by atoms with Gasteiger partial charge in [-0.1, -0.05) is 48.0 Å². The molecule has 43 heavy (non-hydrogen) atoms. The van der Waals surface area contributed by atoms with Crippen LogP contribution in [0.25, 0.3) is 0 Å². The molecule has 11 heteroatoms. The molecule has 2 atom stereocenters. The van der Waals surface area contributed by atoms with E-state index in [-0.39, 0.29) is 24.0 Å². The Morgan fingerprint density at radius 3 is 2.51 bits per heavy atom. The number of carbonyl (C=O) groups excluding carboxylic acids is 4. The van der Waals surface area contributed by atoms with E-state index in [1.54, 1.807) is 35.2 Å². The van der Waals surface area contributed by atoms with Gasteiger partial charge in [-0.15, -0.1) is 0 Å². The molecule has 2 aromatic carbocycles. The second-order valence-corrected chi connectivity index (χ2v) is 12.1. The molecule has 5 rings (SSSR count). The number of benzene rings is 2. The van der Waals surface area contributed by atoms with E-state index < -0.39 is 35.8 Å². The number of hydrogen-bond acceptors (Lipinski definition) is 6. The molecule has 0 spiro atoms. The van der Waals surface area contributed by atoms with Crippen LogP contribution in [0.5, 0.6) is 5.75 Å². The number of ether oxygens (including phenoxy) is 1. The van der Waals surface area contributed by atoms with Crippen LogP contribution >= 0.6 is 11.6 Å². The molecular weight excluding hydrogens is 570 g/mol. The van der Waals surface area contributed by atoms with Crippen LogP contribution in [0.3, 0.4) is 0 Å². The standard InChI is InChI=1S/C32H34ClN5O5/c1-32(2,3)43-25-16-21(24(39)17-26(34)40)10-13-23(25)30-36-28(19-8-11-22(33)12-9-19)29(20-6-4-5-7-20)38(30)31(42)37-15-14-35-27(41)18-37/h4,6-13,16,28-29H,5,14-15,17-18H2,1-3H3,(H2,34,40)(H,35,41)/t28-,29+/m0/s1. The van der Waals surface area contributed by atoms with Gasteiger partial charge < -0.3 is 20.7 Å². The third-order valence-corrected chi connectivity index (χ3v) is 7.48. The second kappa shape index (κ2) is 12.0. The van der Waals surface area contributed by atoms with Crippen molar-refractivity contribution in [3.63, 3.8) is 0 Å². The van der Waals surface area contributed by atoms with Gasteiger partial charge in [-0.3, -0.25) is 24.3 Å². The summed E-state index contributed by atoms with van der Waals surface area (Å²) in [6.07, 6.45) is 6.35. The molecule has 224 valence electrons. The molecule has 1 aliphatic carbocycles. The molecule has 3 aliphatic rings. The van der Waals surface area contributed by atoms with Crippen molar-refractivity contribution in [3.8, 4) is 5.75 Å². The lowest BCUT2D eigenvalue weighted by Crippen LogP contribution is -2.56.